The molecule has 1 aliphatic rings. The molecule has 1 saturated heterocycles. The summed E-state index contributed by atoms with van der Waals surface area (Å²) in [5.41, 5.74) is 0.906. The number of nitrogens with zero attached hydrogens (tertiary/aromatic N) is 2. The molecule has 1 atom stereocenters. The van der Waals surface area contributed by atoms with Crippen LogP contribution >= 0.6 is 39.5 Å². The van der Waals surface area contributed by atoms with E-state index in [1.165, 1.54) is 11.5 Å². The van der Waals surface area contributed by atoms with Crippen molar-refractivity contribution in [1.29, 1.82) is 0 Å². The molecule has 0 amide bonds. The van der Waals surface area contributed by atoms with Gasteiger partial charge in [-0.3, -0.25) is 0 Å². The Morgan fingerprint density at radius 1 is 1.44 bits per heavy atom. The van der Waals surface area contributed by atoms with Gasteiger partial charge in [-0.25, -0.2) is 9.97 Å². The van der Waals surface area contributed by atoms with Gasteiger partial charge < -0.3 is 10.1 Å². The molecule has 2 rings (SSSR count). The third kappa shape index (κ3) is 3.31. The second kappa shape index (κ2) is 6.98. The molecule has 1 aromatic rings. The summed E-state index contributed by atoms with van der Waals surface area (Å²) in [5, 5.41) is 3.49. The number of ether oxygens (including phenoxy) is 1. The van der Waals surface area contributed by atoms with E-state index in [1.54, 1.807) is 7.11 Å². The van der Waals surface area contributed by atoms with Crippen molar-refractivity contribution in [1.82, 2.24) is 9.97 Å². The predicted molar refractivity (Wildman–Crippen MR) is 82.5 cm³/mol. The average Bonchev–Trinajstić information content (AvgIpc) is 2.42. The summed E-state index contributed by atoms with van der Waals surface area (Å²) in [6.45, 7) is 0.495. The van der Waals surface area contributed by atoms with Gasteiger partial charge in [0.15, 0.2) is 0 Å². The molecule has 0 aliphatic carbocycles. The van der Waals surface area contributed by atoms with Crippen LogP contribution in [0.3, 0.4) is 0 Å². The first-order chi connectivity index (χ1) is 8.76. The number of hydrogen-bond acceptors (Lipinski definition) is 6. The number of halogens is 1. The van der Waals surface area contributed by atoms with Gasteiger partial charge in [-0.1, -0.05) is 0 Å². The third-order valence-corrected chi connectivity index (χ3v) is 6.14. The molecule has 18 heavy (non-hydrogen) atoms. The van der Waals surface area contributed by atoms with Gasteiger partial charge >= 0.3 is 0 Å². The molecule has 1 aromatic heterocycles. The maximum Gasteiger partial charge on any atom is 0.144 e. The van der Waals surface area contributed by atoms with Gasteiger partial charge in [-0.15, -0.1) is 11.8 Å². The molecular weight excluding hydrogens is 334 g/mol. The van der Waals surface area contributed by atoms with Gasteiger partial charge in [0.1, 0.15) is 11.6 Å². The van der Waals surface area contributed by atoms with Gasteiger partial charge in [0.05, 0.1) is 22.0 Å². The highest BCUT2D eigenvalue weighted by molar-refractivity contribution is 9.10. The fourth-order valence-corrected chi connectivity index (χ4v) is 4.78. The Labute approximate surface area is 124 Å². The average molecular weight is 350 g/mol. The van der Waals surface area contributed by atoms with Crippen molar-refractivity contribution < 1.29 is 4.74 Å². The maximum atomic E-state index is 5.19. The van der Waals surface area contributed by atoms with Crippen LogP contribution in [-0.2, 0) is 11.3 Å². The zero-order valence-electron chi connectivity index (χ0n) is 10.4. The van der Waals surface area contributed by atoms with Gasteiger partial charge in [0.25, 0.3) is 0 Å². The van der Waals surface area contributed by atoms with E-state index in [0.717, 1.165) is 27.6 Å². The number of nitrogens with one attached hydrogen (secondary N) is 1. The second-order valence-corrected chi connectivity index (χ2v) is 7.06. The first kappa shape index (κ1) is 14.4. The Morgan fingerprint density at radius 2 is 2.28 bits per heavy atom. The topological polar surface area (TPSA) is 47.0 Å². The van der Waals surface area contributed by atoms with E-state index in [9.17, 15) is 0 Å². The van der Waals surface area contributed by atoms with Crippen molar-refractivity contribution >= 4 is 45.3 Å². The Bertz CT molecular complexity index is 414. The Kier molecular flexibility index (Phi) is 5.59. The molecule has 0 aromatic carbocycles. The summed E-state index contributed by atoms with van der Waals surface area (Å²) in [6.07, 6.45) is 0. The molecule has 100 valence electrons. The molecule has 2 heterocycles. The second-order valence-electron chi connectivity index (χ2n) is 3.81. The quantitative estimate of drug-likeness (QED) is 0.901. The molecule has 1 unspecified atom stereocenters. The smallest absolute Gasteiger partial charge is 0.144 e. The maximum absolute atomic E-state index is 5.19. The number of hydrogen-bond donors (Lipinski definition) is 1. The Hall–Kier alpha value is 0.0200. The number of methoxy groups -OCH3 is 1. The summed E-state index contributed by atoms with van der Waals surface area (Å²) in [5.74, 6) is 5.22. The third-order valence-electron chi connectivity index (χ3n) is 2.56. The highest BCUT2D eigenvalue weighted by Gasteiger charge is 2.22. The summed E-state index contributed by atoms with van der Waals surface area (Å²) in [6, 6.07) is 0. The van der Waals surface area contributed by atoms with Crippen molar-refractivity contribution in [2.45, 2.75) is 11.9 Å². The molecule has 0 saturated carbocycles. The van der Waals surface area contributed by atoms with E-state index >= 15 is 0 Å². The minimum Gasteiger partial charge on any atom is -0.378 e. The largest absolute Gasteiger partial charge is 0.378 e. The van der Waals surface area contributed by atoms with E-state index < -0.39 is 0 Å². The van der Waals surface area contributed by atoms with Crippen molar-refractivity contribution in [3.63, 3.8) is 0 Å². The number of thioether (sulfide) groups is 2. The normalized spacial score (nSPS) is 19.8. The zero-order valence-corrected chi connectivity index (χ0v) is 13.6. The summed E-state index contributed by atoms with van der Waals surface area (Å²) in [4.78, 5) is 9.24. The van der Waals surface area contributed by atoms with Crippen molar-refractivity contribution in [2.24, 2.45) is 0 Å². The van der Waals surface area contributed by atoms with Crippen molar-refractivity contribution in [3.8, 4) is 0 Å². The van der Waals surface area contributed by atoms with Gasteiger partial charge in [-0.05, 0) is 15.9 Å². The minimum atomic E-state index is 0.388. The number of aromatic nitrogens is 2. The lowest BCUT2D eigenvalue weighted by Gasteiger charge is -2.21. The molecule has 0 spiro atoms. The van der Waals surface area contributed by atoms with E-state index in [1.807, 2.05) is 30.6 Å². The zero-order chi connectivity index (χ0) is 13.0. The van der Waals surface area contributed by atoms with E-state index in [0.29, 0.717) is 11.9 Å². The van der Waals surface area contributed by atoms with Crippen molar-refractivity contribution in [3.05, 3.63) is 16.0 Å². The van der Waals surface area contributed by atoms with Crippen LogP contribution in [0.4, 0.5) is 5.82 Å². The number of anilines is 1. The van der Waals surface area contributed by atoms with E-state index in [2.05, 4.69) is 31.2 Å². The highest BCUT2D eigenvalue weighted by Crippen LogP contribution is 2.36. The SMILES string of the molecule is CNc1nc(C2CSCCS2)nc(COC)c1Br. The first-order valence-corrected chi connectivity index (χ1v) is 8.68. The lowest BCUT2D eigenvalue weighted by Crippen LogP contribution is -2.13. The summed E-state index contributed by atoms with van der Waals surface area (Å²) in [7, 11) is 3.55. The van der Waals surface area contributed by atoms with Crippen LogP contribution in [0.5, 0.6) is 0 Å². The van der Waals surface area contributed by atoms with Crippen LogP contribution in [-0.4, -0.2) is 41.4 Å². The number of rotatable bonds is 4. The molecule has 1 aliphatic heterocycles. The lowest BCUT2D eigenvalue weighted by atomic mass is 10.3. The molecule has 0 radical (unpaired) electrons. The van der Waals surface area contributed by atoms with E-state index in [4.69, 9.17) is 4.74 Å². The van der Waals surface area contributed by atoms with Gasteiger partial charge in [-0.2, -0.15) is 11.8 Å². The van der Waals surface area contributed by atoms with Crippen LogP contribution in [0.25, 0.3) is 0 Å². The highest BCUT2D eigenvalue weighted by atomic mass is 79.9. The van der Waals surface area contributed by atoms with E-state index in [-0.39, 0.29) is 0 Å². The molecule has 1 fully saturated rings. The monoisotopic (exact) mass is 349 g/mol. The van der Waals surface area contributed by atoms with Crippen LogP contribution < -0.4 is 5.32 Å². The summed E-state index contributed by atoms with van der Waals surface area (Å²) >= 11 is 7.43. The summed E-state index contributed by atoms with van der Waals surface area (Å²) < 4.78 is 6.08. The predicted octanol–water partition coefficient (Wildman–Crippen LogP) is 2.95. The van der Waals surface area contributed by atoms with Crippen LogP contribution in [0.15, 0.2) is 4.47 Å². The molecule has 1 N–H and O–H groups in total. The minimum absolute atomic E-state index is 0.388. The molecule has 4 nitrogen and oxygen atoms in total. The molecule has 7 heteroatoms. The van der Waals surface area contributed by atoms with Gasteiger partial charge in [0, 0.05) is 31.4 Å². The Balaban J connectivity index is 2.31. The van der Waals surface area contributed by atoms with Crippen LogP contribution in [0.1, 0.15) is 16.8 Å². The molecule has 0 bridgehead atoms. The first-order valence-electron chi connectivity index (χ1n) is 5.68. The Morgan fingerprint density at radius 3 is 2.89 bits per heavy atom. The fourth-order valence-electron chi connectivity index (χ4n) is 1.69. The van der Waals surface area contributed by atoms with Crippen LogP contribution in [0, 0.1) is 0 Å². The lowest BCUT2D eigenvalue weighted by molar-refractivity contribution is 0.180. The standard InChI is InChI=1S/C11H16BrN3OS2/c1-13-11-9(12)7(5-16-2)14-10(15-11)8-6-17-3-4-18-8/h8H,3-6H2,1-2H3,(H,13,14,15). The van der Waals surface area contributed by atoms with Crippen molar-refractivity contribution in [2.75, 3.05) is 36.7 Å². The fraction of sp³-hybridized carbons (Fsp3) is 0.636. The molecular formula is C11H16BrN3OS2. The van der Waals surface area contributed by atoms with Crippen LogP contribution in [0.2, 0.25) is 0 Å². The van der Waals surface area contributed by atoms with Gasteiger partial charge in [0.2, 0.25) is 0 Å².